The number of nitro groups is 1. The number of non-ortho nitro benzene ring substituents is 1. The molecule has 0 aliphatic rings. The lowest BCUT2D eigenvalue weighted by Gasteiger charge is -2.21. The van der Waals surface area contributed by atoms with Crippen molar-refractivity contribution < 1.29 is 14.5 Å². The molecule has 1 aromatic carbocycles. The fourth-order valence-electron chi connectivity index (χ4n) is 1.68. The van der Waals surface area contributed by atoms with E-state index in [4.69, 9.17) is 4.74 Å². The molecular weight excluding hydrogens is 274 g/mol. The zero-order chi connectivity index (χ0) is 16.0. The summed E-state index contributed by atoms with van der Waals surface area (Å²) in [7, 11) is 3.45. The summed E-state index contributed by atoms with van der Waals surface area (Å²) in [6, 6.07) is 4.43. The van der Waals surface area contributed by atoms with Crippen molar-refractivity contribution in [3.8, 4) is 5.75 Å². The van der Waals surface area contributed by atoms with Crippen molar-refractivity contribution in [1.29, 1.82) is 0 Å². The fourth-order valence-corrected chi connectivity index (χ4v) is 1.68. The lowest BCUT2D eigenvalue weighted by Crippen LogP contribution is -2.36. The maximum Gasteiger partial charge on any atom is 0.270 e. The van der Waals surface area contributed by atoms with Gasteiger partial charge < -0.3 is 15.0 Å². The van der Waals surface area contributed by atoms with Crippen LogP contribution in [0.1, 0.15) is 19.4 Å². The van der Waals surface area contributed by atoms with Crippen molar-refractivity contribution in [2.45, 2.75) is 26.4 Å². The van der Waals surface area contributed by atoms with Crippen LogP contribution in [0.2, 0.25) is 0 Å². The van der Waals surface area contributed by atoms with Gasteiger partial charge in [0.25, 0.3) is 11.6 Å². The van der Waals surface area contributed by atoms with Gasteiger partial charge in [-0.3, -0.25) is 14.9 Å². The Morgan fingerprint density at radius 3 is 2.67 bits per heavy atom. The predicted molar refractivity (Wildman–Crippen MR) is 79.3 cm³/mol. The first-order valence-corrected chi connectivity index (χ1v) is 6.67. The number of nitrogens with zero attached hydrogens (tertiary/aromatic N) is 2. The van der Waals surface area contributed by atoms with E-state index < -0.39 is 4.92 Å². The van der Waals surface area contributed by atoms with Crippen molar-refractivity contribution in [2.24, 2.45) is 0 Å². The molecule has 0 spiro atoms. The van der Waals surface area contributed by atoms with Gasteiger partial charge in [-0.1, -0.05) is 0 Å². The van der Waals surface area contributed by atoms with E-state index in [0.717, 1.165) is 0 Å². The summed E-state index contributed by atoms with van der Waals surface area (Å²) in [5.74, 6) is 0.333. The molecule has 1 amide bonds. The smallest absolute Gasteiger partial charge is 0.270 e. The summed E-state index contributed by atoms with van der Waals surface area (Å²) < 4.78 is 5.50. The molecule has 0 saturated carbocycles. The van der Waals surface area contributed by atoms with Gasteiger partial charge >= 0.3 is 0 Å². The van der Waals surface area contributed by atoms with Gasteiger partial charge in [-0.05, 0) is 27.0 Å². The average molecular weight is 295 g/mol. The van der Waals surface area contributed by atoms with E-state index in [9.17, 15) is 14.9 Å². The molecule has 1 N–H and O–H groups in total. The molecule has 0 aliphatic heterocycles. The van der Waals surface area contributed by atoms with Gasteiger partial charge in [-0.2, -0.15) is 0 Å². The second-order valence-corrected chi connectivity index (χ2v) is 4.97. The van der Waals surface area contributed by atoms with Crippen molar-refractivity contribution >= 4 is 11.6 Å². The summed E-state index contributed by atoms with van der Waals surface area (Å²) in [5.41, 5.74) is 0.643. The minimum atomic E-state index is -0.458. The van der Waals surface area contributed by atoms with E-state index in [1.165, 1.54) is 18.2 Å². The largest absolute Gasteiger partial charge is 0.483 e. The van der Waals surface area contributed by atoms with Gasteiger partial charge in [-0.15, -0.1) is 0 Å². The lowest BCUT2D eigenvalue weighted by molar-refractivity contribution is -0.384. The van der Waals surface area contributed by atoms with Crippen LogP contribution in [-0.2, 0) is 11.3 Å². The minimum Gasteiger partial charge on any atom is -0.483 e. The van der Waals surface area contributed by atoms with E-state index in [1.54, 1.807) is 19.0 Å². The van der Waals surface area contributed by atoms with Crippen LogP contribution in [0.15, 0.2) is 18.2 Å². The standard InChI is InChI=1S/C14H21N3O4/c1-10(2)16(4)14(18)9-21-13-6-5-12(17(19)20)7-11(13)8-15-3/h5-7,10,15H,8-9H2,1-4H3. The van der Waals surface area contributed by atoms with E-state index >= 15 is 0 Å². The van der Waals surface area contributed by atoms with Crippen LogP contribution >= 0.6 is 0 Å². The van der Waals surface area contributed by atoms with Crippen LogP contribution in [-0.4, -0.2) is 42.5 Å². The molecule has 1 rings (SSSR count). The molecular formula is C14H21N3O4. The third-order valence-corrected chi connectivity index (χ3v) is 3.14. The molecule has 0 unspecified atom stereocenters. The number of amides is 1. The third kappa shape index (κ3) is 4.71. The fraction of sp³-hybridized carbons (Fsp3) is 0.500. The zero-order valence-corrected chi connectivity index (χ0v) is 12.8. The van der Waals surface area contributed by atoms with Gasteiger partial charge in [0.2, 0.25) is 0 Å². The first-order chi connectivity index (χ1) is 9.86. The van der Waals surface area contributed by atoms with Crippen LogP contribution in [0.25, 0.3) is 0 Å². The number of ether oxygens (including phenoxy) is 1. The number of nitro benzene ring substituents is 1. The minimum absolute atomic E-state index is 0.00164. The number of hydrogen-bond acceptors (Lipinski definition) is 5. The molecule has 0 aliphatic carbocycles. The highest BCUT2D eigenvalue weighted by Crippen LogP contribution is 2.24. The molecule has 21 heavy (non-hydrogen) atoms. The van der Waals surface area contributed by atoms with Gasteiger partial charge in [0, 0.05) is 37.3 Å². The highest BCUT2D eigenvalue weighted by molar-refractivity contribution is 5.77. The number of benzene rings is 1. The number of rotatable bonds is 7. The van der Waals surface area contributed by atoms with Gasteiger partial charge in [0.1, 0.15) is 5.75 Å². The lowest BCUT2D eigenvalue weighted by atomic mass is 10.1. The maximum atomic E-state index is 11.9. The molecule has 0 bridgehead atoms. The first-order valence-electron chi connectivity index (χ1n) is 6.67. The summed E-state index contributed by atoms with van der Waals surface area (Å²) in [4.78, 5) is 23.8. The molecule has 0 radical (unpaired) electrons. The number of carbonyl (C=O) groups excluding carboxylic acids is 1. The molecule has 7 nitrogen and oxygen atoms in total. The van der Waals surface area contributed by atoms with Crippen LogP contribution in [0.5, 0.6) is 5.75 Å². The average Bonchev–Trinajstić information content (AvgIpc) is 2.44. The van der Waals surface area contributed by atoms with Crippen LogP contribution in [0.4, 0.5) is 5.69 Å². The predicted octanol–water partition coefficient (Wildman–Crippen LogP) is 1.56. The number of carbonyl (C=O) groups is 1. The Morgan fingerprint density at radius 2 is 2.14 bits per heavy atom. The van der Waals surface area contributed by atoms with Gasteiger partial charge in [0.05, 0.1) is 4.92 Å². The molecule has 116 valence electrons. The Balaban J connectivity index is 2.83. The Labute approximate surface area is 124 Å². The zero-order valence-electron chi connectivity index (χ0n) is 12.8. The summed E-state index contributed by atoms with van der Waals surface area (Å²) >= 11 is 0. The molecule has 0 fully saturated rings. The van der Waals surface area contributed by atoms with Crippen LogP contribution in [0, 0.1) is 10.1 Å². The number of likely N-dealkylation sites (N-methyl/N-ethyl adjacent to an activating group) is 1. The second kappa shape index (κ2) is 7.58. The Morgan fingerprint density at radius 1 is 1.48 bits per heavy atom. The second-order valence-electron chi connectivity index (χ2n) is 4.97. The van der Waals surface area contributed by atoms with Crippen molar-refractivity contribution in [1.82, 2.24) is 10.2 Å². The van der Waals surface area contributed by atoms with Crippen molar-refractivity contribution in [2.75, 3.05) is 20.7 Å². The van der Waals surface area contributed by atoms with E-state index in [1.807, 2.05) is 13.8 Å². The molecule has 0 aromatic heterocycles. The van der Waals surface area contributed by atoms with Gasteiger partial charge in [-0.25, -0.2) is 0 Å². The topological polar surface area (TPSA) is 84.7 Å². The van der Waals surface area contributed by atoms with E-state index in [2.05, 4.69) is 5.32 Å². The molecule has 0 atom stereocenters. The normalized spacial score (nSPS) is 10.5. The Hall–Kier alpha value is -2.15. The van der Waals surface area contributed by atoms with Crippen molar-refractivity contribution in [3.63, 3.8) is 0 Å². The number of hydrogen-bond donors (Lipinski definition) is 1. The summed E-state index contributed by atoms with van der Waals surface area (Å²) in [6.45, 7) is 4.15. The quantitative estimate of drug-likeness (QED) is 0.609. The first kappa shape index (κ1) is 16.9. The van der Waals surface area contributed by atoms with Gasteiger partial charge in [0.15, 0.2) is 6.61 Å². The van der Waals surface area contributed by atoms with Crippen molar-refractivity contribution in [3.05, 3.63) is 33.9 Å². The molecule has 0 saturated heterocycles. The van der Waals surface area contributed by atoms with E-state index in [-0.39, 0.29) is 24.2 Å². The SMILES string of the molecule is CNCc1cc([N+](=O)[O-])ccc1OCC(=O)N(C)C(C)C. The van der Waals surface area contributed by atoms with Crippen LogP contribution in [0.3, 0.4) is 0 Å². The molecule has 7 heteroatoms. The maximum absolute atomic E-state index is 11.9. The van der Waals surface area contributed by atoms with Crippen LogP contribution < -0.4 is 10.1 Å². The third-order valence-electron chi connectivity index (χ3n) is 3.14. The summed E-state index contributed by atoms with van der Waals surface area (Å²) in [6.07, 6.45) is 0. The summed E-state index contributed by atoms with van der Waals surface area (Å²) in [5, 5.41) is 13.7. The van der Waals surface area contributed by atoms with E-state index in [0.29, 0.717) is 17.9 Å². The highest BCUT2D eigenvalue weighted by Gasteiger charge is 2.15. The monoisotopic (exact) mass is 295 g/mol. The Bertz CT molecular complexity index is 517. The molecule has 0 heterocycles. The Kier molecular flexibility index (Phi) is 6.10. The number of nitrogens with one attached hydrogen (secondary N) is 1. The molecule has 1 aromatic rings. The highest BCUT2D eigenvalue weighted by atomic mass is 16.6.